The van der Waals surface area contributed by atoms with Gasteiger partial charge in [0.05, 0.1) is 12.8 Å². The summed E-state index contributed by atoms with van der Waals surface area (Å²) < 4.78 is 39.8. The predicted molar refractivity (Wildman–Crippen MR) is 104 cm³/mol. The van der Waals surface area contributed by atoms with Crippen LogP contribution in [-0.2, 0) is 0 Å². The van der Waals surface area contributed by atoms with Crippen LogP contribution in [-0.4, -0.2) is 29.5 Å². The van der Waals surface area contributed by atoms with Crippen LogP contribution in [0.3, 0.4) is 0 Å². The Morgan fingerprint density at radius 2 is 1.93 bits per heavy atom. The second-order valence-electron chi connectivity index (χ2n) is 6.23. The Bertz CT molecular complexity index is 1140. The quantitative estimate of drug-likeness (QED) is 0.631. The molecule has 1 aliphatic heterocycles. The summed E-state index contributed by atoms with van der Waals surface area (Å²) >= 11 is 0. The van der Waals surface area contributed by atoms with Crippen molar-refractivity contribution >= 4 is 23.0 Å². The van der Waals surface area contributed by atoms with Gasteiger partial charge in [0.1, 0.15) is 5.69 Å². The average molecular weight is 398 g/mol. The summed E-state index contributed by atoms with van der Waals surface area (Å²) in [6.07, 6.45) is 1.69. The minimum Gasteiger partial charge on any atom is -0.493 e. The molecule has 0 atom stereocenters. The fraction of sp³-hybridized carbons (Fsp3) is 0.143. The van der Waals surface area contributed by atoms with Gasteiger partial charge in [-0.25, -0.2) is 4.98 Å². The number of para-hydroxylation sites is 1. The van der Waals surface area contributed by atoms with Crippen molar-refractivity contribution in [2.45, 2.75) is 13.5 Å². The number of halogens is 2. The maximum Gasteiger partial charge on any atom is 0.387 e. The first-order chi connectivity index (χ1) is 14.0. The van der Waals surface area contributed by atoms with Crippen molar-refractivity contribution in [1.82, 2.24) is 4.98 Å². The maximum atomic E-state index is 12.5. The monoisotopic (exact) mass is 398 g/mol. The number of hydrogen-bond donors (Lipinski definition) is 1. The van der Waals surface area contributed by atoms with Crippen LogP contribution in [0.25, 0.3) is 23.1 Å². The number of aliphatic imine (C=N–C) groups is 1. The molecule has 0 amide bonds. The first kappa shape index (κ1) is 18.7. The van der Waals surface area contributed by atoms with Crippen LogP contribution in [0.15, 0.2) is 51.9 Å². The first-order valence-corrected chi connectivity index (χ1v) is 8.66. The number of fused-ring (bicyclic) bond motifs is 1. The normalized spacial score (nSPS) is 14.2. The summed E-state index contributed by atoms with van der Waals surface area (Å²) in [7, 11) is 1.33. The molecule has 0 saturated heterocycles. The number of ether oxygens (including phenoxy) is 2. The molecule has 8 heteroatoms. The molecule has 6 nitrogen and oxygen atoms in total. The molecule has 0 saturated carbocycles. The predicted octanol–water partition coefficient (Wildman–Crippen LogP) is 5.30. The molecule has 1 N–H and O–H groups in total. The average Bonchev–Trinajstić information content (AvgIpc) is 3.22. The lowest BCUT2D eigenvalue weighted by Crippen LogP contribution is -2.03. The van der Waals surface area contributed by atoms with Crippen molar-refractivity contribution in [3.63, 3.8) is 0 Å². The number of aromatic hydroxyl groups is 1. The van der Waals surface area contributed by atoms with Crippen molar-refractivity contribution in [3.05, 3.63) is 53.7 Å². The van der Waals surface area contributed by atoms with Gasteiger partial charge >= 0.3 is 12.6 Å². The lowest BCUT2D eigenvalue weighted by Gasteiger charge is -2.10. The number of rotatable bonds is 5. The minimum absolute atomic E-state index is 0.0908. The van der Waals surface area contributed by atoms with Gasteiger partial charge in [-0.3, -0.25) is 4.99 Å². The molecule has 29 heavy (non-hydrogen) atoms. The van der Waals surface area contributed by atoms with E-state index in [1.165, 1.54) is 25.3 Å². The van der Waals surface area contributed by atoms with E-state index in [1.807, 2.05) is 31.2 Å². The Hall–Kier alpha value is -3.68. The van der Waals surface area contributed by atoms with E-state index in [4.69, 9.17) is 9.15 Å². The molecule has 3 aromatic rings. The first-order valence-electron chi connectivity index (χ1n) is 8.66. The van der Waals surface area contributed by atoms with Crippen LogP contribution in [0.1, 0.15) is 18.2 Å². The third-order valence-corrected chi connectivity index (χ3v) is 4.41. The van der Waals surface area contributed by atoms with Crippen LogP contribution in [0.2, 0.25) is 0 Å². The van der Waals surface area contributed by atoms with Crippen LogP contribution in [0, 0.1) is 0 Å². The van der Waals surface area contributed by atoms with Crippen LogP contribution in [0.4, 0.5) is 14.5 Å². The number of alkyl halides is 2. The molecular formula is C21H16F2N2O4. The van der Waals surface area contributed by atoms with E-state index in [0.717, 1.165) is 22.5 Å². The molecule has 1 aromatic heterocycles. The number of oxazole rings is 1. The smallest absolute Gasteiger partial charge is 0.387 e. The largest absolute Gasteiger partial charge is 0.493 e. The zero-order valence-corrected chi connectivity index (χ0v) is 15.5. The molecule has 0 bridgehead atoms. The fourth-order valence-electron chi connectivity index (χ4n) is 3.09. The van der Waals surface area contributed by atoms with Gasteiger partial charge in [-0.2, -0.15) is 8.78 Å². The van der Waals surface area contributed by atoms with E-state index in [0.29, 0.717) is 5.56 Å². The maximum absolute atomic E-state index is 12.5. The van der Waals surface area contributed by atoms with Crippen LogP contribution in [0.5, 0.6) is 17.4 Å². The summed E-state index contributed by atoms with van der Waals surface area (Å²) in [4.78, 5) is 8.82. The highest BCUT2D eigenvalue weighted by molar-refractivity contribution is 6.31. The number of allylic oxidation sites excluding steroid dienone is 1. The number of methoxy groups -OCH3 is 1. The van der Waals surface area contributed by atoms with Crippen molar-refractivity contribution in [3.8, 4) is 28.9 Å². The molecule has 1 aliphatic rings. The third kappa shape index (κ3) is 3.56. The highest BCUT2D eigenvalue weighted by Gasteiger charge is 2.21. The highest BCUT2D eigenvalue weighted by atomic mass is 19.3. The van der Waals surface area contributed by atoms with Crippen molar-refractivity contribution in [2.75, 3.05) is 7.11 Å². The molecule has 148 valence electrons. The summed E-state index contributed by atoms with van der Waals surface area (Å²) in [6.45, 7) is -1.10. The molecule has 2 aromatic carbocycles. The lowest BCUT2D eigenvalue weighted by molar-refractivity contribution is -0.0512. The van der Waals surface area contributed by atoms with Crippen molar-refractivity contribution < 1.29 is 27.8 Å². The minimum atomic E-state index is -2.97. The van der Waals surface area contributed by atoms with Crippen molar-refractivity contribution in [2.24, 2.45) is 4.99 Å². The van der Waals surface area contributed by atoms with Crippen LogP contribution >= 0.6 is 0 Å². The third-order valence-electron chi connectivity index (χ3n) is 4.41. The Kier molecular flexibility index (Phi) is 4.75. The number of nitrogens with zero attached hydrogens (tertiary/aromatic N) is 2. The molecule has 0 radical (unpaired) electrons. The van der Waals surface area contributed by atoms with Gasteiger partial charge in [0.15, 0.2) is 11.5 Å². The summed E-state index contributed by atoms with van der Waals surface area (Å²) in [5.74, 6) is -0.277. The van der Waals surface area contributed by atoms with Gasteiger partial charge in [-0.15, -0.1) is 0 Å². The van der Waals surface area contributed by atoms with E-state index in [2.05, 4.69) is 14.7 Å². The van der Waals surface area contributed by atoms with Gasteiger partial charge in [0, 0.05) is 22.4 Å². The van der Waals surface area contributed by atoms with E-state index >= 15 is 0 Å². The Labute approximate surface area is 164 Å². The molecule has 0 unspecified atom stereocenters. The molecular weight excluding hydrogens is 382 g/mol. The van der Waals surface area contributed by atoms with Gasteiger partial charge in [0.25, 0.3) is 0 Å². The standard InChI is InChI=1S/C21H16F2N2O4/c1-11-14(13-5-3-4-6-15(13)24-11)10-16-20(26)29-19(25-16)12-7-8-17(28-21(22)23)18(9-12)27-2/h3-10,21,26H,1-2H3/b14-10-. The summed E-state index contributed by atoms with van der Waals surface area (Å²) in [5, 5.41) is 10.2. The van der Waals surface area contributed by atoms with Gasteiger partial charge in [-0.05, 0) is 37.3 Å². The Balaban J connectivity index is 1.70. The van der Waals surface area contributed by atoms with Gasteiger partial charge < -0.3 is 19.0 Å². The van der Waals surface area contributed by atoms with E-state index in [1.54, 1.807) is 6.08 Å². The molecule has 0 fully saturated rings. The number of hydrogen-bond acceptors (Lipinski definition) is 6. The number of aromatic nitrogens is 1. The summed E-state index contributed by atoms with van der Waals surface area (Å²) in [5.41, 5.74) is 4.07. The second kappa shape index (κ2) is 7.38. The van der Waals surface area contributed by atoms with E-state index in [-0.39, 0.29) is 29.0 Å². The highest BCUT2D eigenvalue weighted by Crippen LogP contribution is 2.38. The fourth-order valence-corrected chi connectivity index (χ4v) is 3.09. The van der Waals surface area contributed by atoms with Gasteiger partial charge in [-0.1, -0.05) is 18.2 Å². The zero-order valence-electron chi connectivity index (χ0n) is 15.5. The van der Waals surface area contributed by atoms with E-state index in [9.17, 15) is 13.9 Å². The second-order valence-corrected chi connectivity index (χ2v) is 6.23. The lowest BCUT2D eigenvalue weighted by atomic mass is 10.0. The van der Waals surface area contributed by atoms with Crippen molar-refractivity contribution in [1.29, 1.82) is 0 Å². The molecule has 4 rings (SSSR count). The molecule has 2 heterocycles. The summed E-state index contributed by atoms with van der Waals surface area (Å²) in [6, 6.07) is 11.9. The molecule has 0 aliphatic carbocycles. The van der Waals surface area contributed by atoms with Gasteiger partial charge in [0.2, 0.25) is 5.89 Å². The number of benzene rings is 2. The Morgan fingerprint density at radius 1 is 1.14 bits per heavy atom. The Morgan fingerprint density at radius 3 is 2.69 bits per heavy atom. The SMILES string of the molecule is COc1cc(-c2nc(/C=C3/C(C)=Nc4ccccc43)c(O)o2)ccc1OC(F)F. The van der Waals surface area contributed by atoms with E-state index < -0.39 is 6.61 Å². The topological polar surface area (TPSA) is 77.1 Å². The zero-order chi connectivity index (χ0) is 20.5. The van der Waals surface area contributed by atoms with Crippen LogP contribution < -0.4 is 9.47 Å². The molecule has 0 spiro atoms.